The quantitative estimate of drug-likeness (QED) is 0.902. The van der Waals surface area contributed by atoms with Crippen LogP contribution >= 0.6 is 0 Å². The summed E-state index contributed by atoms with van der Waals surface area (Å²) >= 11 is 0. The zero-order chi connectivity index (χ0) is 14.0. The van der Waals surface area contributed by atoms with Gasteiger partial charge < -0.3 is 10.1 Å². The van der Waals surface area contributed by atoms with Gasteiger partial charge in [0.05, 0.1) is 18.0 Å². The summed E-state index contributed by atoms with van der Waals surface area (Å²) in [5.74, 6) is 2.42. The van der Waals surface area contributed by atoms with Gasteiger partial charge in [0.1, 0.15) is 11.6 Å². The molecule has 1 aliphatic rings. The summed E-state index contributed by atoms with van der Waals surface area (Å²) in [6.45, 7) is 2.71. The van der Waals surface area contributed by atoms with Crippen molar-refractivity contribution in [2.45, 2.75) is 31.8 Å². The van der Waals surface area contributed by atoms with Crippen LogP contribution in [0.3, 0.4) is 0 Å². The number of methoxy groups -OCH3 is 1. The van der Waals surface area contributed by atoms with Crippen LogP contribution in [0.25, 0.3) is 5.82 Å². The first-order valence-electron chi connectivity index (χ1n) is 6.84. The second-order valence-electron chi connectivity index (χ2n) is 5.20. The number of hydrogen-bond acceptors (Lipinski definition) is 5. The lowest BCUT2D eigenvalue weighted by molar-refractivity contribution is -0.0601. The predicted molar refractivity (Wildman–Crippen MR) is 76.0 cm³/mol. The smallest absolute Gasteiger partial charge is 0.159 e. The predicted octanol–water partition coefficient (Wildman–Crippen LogP) is 1.95. The Hall–Kier alpha value is -1.95. The molecule has 106 valence electrons. The van der Waals surface area contributed by atoms with Crippen LogP contribution in [-0.2, 0) is 4.74 Å². The van der Waals surface area contributed by atoms with Crippen molar-refractivity contribution in [1.29, 1.82) is 0 Å². The van der Waals surface area contributed by atoms with Crippen LogP contribution in [0.15, 0.2) is 24.8 Å². The van der Waals surface area contributed by atoms with Gasteiger partial charge in [0.2, 0.25) is 0 Å². The van der Waals surface area contributed by atoms with Gasteiger partial charge in [-0.25, -0.2) is 9.97 Å². The molecule has 0 unspecified atom stereocenters. The number of anilines is 1. The van der Waals surface area contributed by atoms with Gasteiger partial charge in [0, 0.05) is 26.0 Å². The van der Waals surface area contributed by atoms with E-state index in [4.69, 9.17) is 4.74 Å². The molecular weight excluding hydrogens is 254 g/mol. The highest BCUT2D eigenvalue weighted by Crippen LogP contribution is 2.34. The van der Waals surface area contributed by atoms with Crippen molar-refractivity contribution in [1.82, 2.24) is 19.5 Å². The van der Waals surface area contributed by atoms with Crippen molar-refractivity contribution in [2.75, 3.05) is 19.0 Å². The third kappa shape index (κ3) is 2.38. The van der Waals surface area contributed by atoms with E-state index in [1.807, 2.05) is 17.7 Å². The van der Waals surface area contributed by atoms with E-state index in [0.717, 1.165) is 36.8 Å². The molecule has 1 saturated carbocycles. The van der Waals surface area contributed by atoms with Crippen LogP contribution in [0.2, 0.25) is 0 Å². The van der Waals surface area contributed by atoms with Crippen molar-refractivity contribution in [2.24, 2.45) is 0 Å². The standard InChI is InChI=1S/C14H19N5O/c1-11-16-6-7-19(11)13-9-15-8-12(18-13)17-10-14(20-2)4-3-5-14/h6-9H,3-5,10H2,1-2H3,(H,17,18). The molecule has 2 aromatic heterocycles. The van der Waals surface area contributed by atoms with Gasteiger partial charge >= 0.3 is 0 Å². The Morgan fingerprint density at radius 1 is 1.40 bits per heavy atom. The maximum Gasteiger partial charge on any atom is 0.159 e. The molecule has 0 saturated heterocycles. The summed E-state index contributed by atoms with van der Waals surface area (Å²) in [7, 11) is 1.78. The first-order chi connectivity index (χ1) is 9.72. The number of nitrogens with zero attached hydrogens (tertiary/aromatic N) is 4. The average Bonchev–Trinajstić information content (AvgIpc) is 2.85. The molecule has 0 amide bonds. The summed E-state index contributed by atoms with van der Waals surface area (Å²) in [6, 6.07) is 0. The number of nitrogens with one attached hydrogen (secondary N) is 1. The van der Waals surface area contributed by atoms with Crippen molar-refractivity contribution in [3.63, 3.8) is 0 Å². The fourth-order valence-electron chi connectivity index (χ4n) is 2.45. The molecule has 6 nitrogen and oxygen atoms in total. The molecular formula is C14H19N5O. The minimum Gasteiger partial charge on any atom is -0.376 e. The normalized spacial score (nSPS) is 16.7. The Labute approximate surface area is 118 Å². The fourth-order valence-corrected chi connectivity index (χ4v) is 2.45. The third-order valence-corrected chi connectivity index (χ3v) is 3.98. The molecule has 1 N–H and O–H groups in total. The van der Waals surface area contributed by atoms with E-state index in [-0.39, 0.29) is 5.60 Å². The highest BCUT2D eigenvalue weighted by atomic mass is 16.5. The zero-order valence-corrected chi connectivity index (χ0v) is 11.8. The monoisotopic (exact) mass is 273 g/mol. The summed E-state index contributed by atoms with van der Waals surface area (Å²) in [6.07, 6.45) is 10.5. The van der Waals surface area contributed by atoms with Crippen LogP contribution in [0, 0.1) is 6.92 Å². The van der Waals surface area contributed by atoms with Crippen molar-refractivity contribution in [3.8, 4) is 5.82 Å². The molecule has 6 heteroatoms. The van der Waals surface area contributed by atoms with E-state index in [2.05, 4.69) is 20.3 Å². The van der Waals surface area contributed by atoms with Gasteiger partial charge in [0.15, 0.2) is 5.82 Å². The van der Waals surface area contributed by atoms with Crippen LogP contribution in [0.4, 0.5) is 5.82 Å². The molecule has 0 radical (unpaired) electrons. The molecule has 3 rings (SSSR count). The topological polar surface area (TPSA) is 64.9 Å². The molecule has 2 heterocycles. The second-order valence-corrected chi connectivity index (χ2v) is 5.20. The lowest BCUT2D eigenvalue weighted by atomic mass is 9.80. The molecule has 2 aromatic rings. The van der Waals surface area contributed by atoms with Crippen LogP contribution < -0.4 is 5.32 Å². The van der Waals surface area contributed by atoms with Gasteiger partial charge in [-0.2, -0.15) is 0 Å². The number of imidazole rings is 1. The van der Waals surface area contributed by atoms with Crippen LogP contribution in [0.1, 0.15) is 25.1 Å². The van der Waals surface area contributed by atoms with Crippen molar-refractivity contribution < 1.29 is 4.74 Å². The number of hydrogen-bond donors (Lipinski definition) is 1. The molecule has 20 heavy (non-hydrogen) atoms. The summed E-state index contributed by atoms with van der Waals surface area (Å²) in [5, 5.41) is 3.33. The molecule has 0 spiro atoms. The number of ether oxygens (including phenoxy) is 1. The molecule has 0 bridgehead atoms. The third-order valence-electron chi connectivity index (χ3n) is 3.98. The Bertz CT molecular complexity index is 585. The molecule has 0 atom stereocenters. The number of aryl methyl sites for hydroxylation is 1. The second kappa shape index (κ2) is 5.20. The van der Waals surface area contributed by atoms with Crippen molar-refractivity contribution >= 4 is 5.82 Å². The lowest BCUT2D eigenvalue weighted by Gasteiger charge is -2.40. The number of aromatic nitrogens is 4. The summed E-state index contributed by atoms with van der Waals surface area (Å²) in [4.78, 5) is 13.0. The first kappa shape index (κ1) is 13.1. The summed E-state index contributed by atoms with van der Waals surface area (Å²) in [5.41, 5.74) is -0.0252. The van der Waals surface area contributed by atoms with Gasteiger partial charge in [-0.3, -0.25) is 9.55 Å². The maximum absolute atomic E-state index is 5.59. The minimum absolute atomic E-state index is 0.0252. The van der Waals surface area contributed by atoms with Crippen LogP contribution in [-0.4, -0.2) is 38.8 Å². The van der Waals surface area contributed by atoms with E-state index in [1.54, 1.807) is 25.7 Å². The van der Waals surface area contributed by atoms with Gasteiger partial charge in [0.25, 0.3) is 0 Å². The van der Waals surface area contributed by atoms with Crippen LogP contribution in [0.5, 0.6) is 0 Å². The van der Waals surface area contributed by atoms with Crippen molar-refractivity contribution in [3.05, 3.63) is 30.6 Å². The van der Waals surface area contributed by atoms with Gasteiger partial charge in [-0.1, -0.05) is 0 Å². The summed E-state index contributed by atoms with van der Waals surface area (Å²) < 4.78 is 7.50. The first-order valence-corrected chi connectivity index (χ1v) is 6.84. The van der Waals surface area contributed by atoms with E-state index in [0.29, 0.717) is 0 Å². The van der Waals surface area contributed by atoms with Gasteiger partial charge in [-0.05, 0) is 26.2 Å². The Balaban J connectivity index is 1.73. The molecule has 1 aliphatic carbocycles. The molecule has 0 aliphatic heterocycles. The Morgan fingerprint density at radius 3 is 2.85 bits per heavy atom. The number of rotatable bonds is 5. The van der Waals surface area contributed by atoms with E-state index >= 15 is 0 Å². The van der Waals surface area contributed by atoms with Gasteiger partial charge in [-0.15, -0.1) is 0 Å². The zero-order valence-electron chi connectivity index (χ0n) is 11.8. The van der Waals surface area contributed by atoms with E-state index in [1.165, 1.54) is 6.42 Å². The Morgan fingerprint density at radius 2 is 2.25 bits per heavy atom. The van der Waals surface area contributed by atoms with E-state index in [9.17, 15) is 0 Å². The molecule has 0 aromatic carbocycles. The Kier molecular flexibility index (Phi) is 3.40. The maximum atomic E-state index is 5.59. The average molecular weight is 273 g/mol. The molecule has 1 fully saturated rings. The fraction of sp³-hybridized carbons (Fsp3) is 0.500. The lowest BCUT2D eigenvalue weighted by Crippen LogP contribution is -2.45. The highest BCUT2D eigenvalue weighted by Gasteiger charge is 2.36. The largest absolute Gasteiger partial charge is 0.376 e. The minimum atomic E-state index is -0.0252. The SMILES string of the molecule is COC1(CNc2cncc(-n3ccnc3C)n2)CCC1. The highest BCUT2D eigenvalue weighted by molar-refractivity contribution is 5.37. The van der Waals surface area contributed by atoms with E-state index < -0.39 is 0 Å².